The molecule has 0 unspecified atom stereocenters. The summed E-state index contributed by atoms with van der Waals surface area (Å²) < 4.78 is 0. The molecule has 27 heavy (non-hydrogen) atoms. The van der Waals surface area contributed by atoms with Crippen molar-refractivity contribution < 1.29 is 0 Å². The van der Waals surface area contributed by atoms with Crippen molar-refractivity contribution in [3.63, 3.8) is 0 Å². The lowest BCUT2D eigenvalue weighted by Gasteiger charge is -2.50. The van der Waals surface area contributed by atoms with E-state index in [9.17, 15) is 0 Å². The summed E-state index contributed by atoms with van der Waals surface area (Å²) in [4.78, 5) is 17.3. The SMILES string of the molecule is c1nc2c(c(N3CC(N4CCN(C5CCCCC5)CC4)C3)n1)CCCCC2. The number of fused-ring (bicyclic) bond motifs is 1. The third-order valence-corrected chi connectivity index (χ3v) is 7.47. The summed E-state index contributed by atoms with van der Waals surface area (Å²) in [5.41, 5.74) is 2.78. The third-order valence-electron chi connectivity index (χ3n) is 7.47. The maximum Gasteiger partial charge on any atom is 0.135 e. The van der Waals surface area contributed by atoms with E-state index in [1.807, 2.05) is 0 Å². The van der Waals surface area contributed by atoms with Gasteiger partial charge in [-0.15, -0.1) is 0 Å². The van der Waals surface area contributed by atoms with Gasteiger partial charge < -0.3 is 4.90 Å². The Labute approximate surface area is 164 Å². The van der Waals surface area contributed by atoms with Crippen LogP contribution in [0, 0.1) is 0 Å². The van der Waals surface area contributed by atoms with E-state index < -0.39 is 0 Å². The van der Waals surface area contributed by atoms with Crippen LogP contribution >= 0.6 is 0 Å². The number of aryl methyl sites for hydroxylation is 1. The van der Waals surface area contributed by atoms with Crippen molar-refractivity contribution >= 4 is 5.82 Å². The van der Waals surface area contributed by atoms with E-state index in [4.69, 9.17) is 4.98 Å². The zero-order valence-electron chi connectivity index (χ0n) is 16.8. The maximum absolute atomic E-state index is 4.70. The summed E-state index contributed by atoms with van der Waals surface area (Å²) in [6.07, 6.45) is 15.3. The van der Waals surface area contributed by atoms with Crippen molar-refractivity contribution in [1.29, 1.82) is 0 Å². The van der Waals surface area contributed by atoms with Crippen LogP contribution in [0.2, 0.25) is 0 Å². The molecule has 1 saturated carbocycles. The minimum Gasteiger partial charge on any atom is -0.353 e. The van der Waals surface area contributed by atoms with Gasteiger partial charge in [-0.25, -0.2) is 9.97 Å². The van der Waals surface area contributed by atoms with E-state index in [0.29, 0.717) is 0 Å². The lowest BCUT2D eigenvalue weighted by atomic mass is 9.93. The van der Waals surface area contributed by atoms with Crippen molar-refractivity contribution in [3.05, 3.63) is 17.6 Å². The molecule has 0 radical (unpaired) electrons. The summed E-state index contributed by atoms with van der Waals surface area (Å²) in [5.74, 6) is 1.25. The fourth-order valence-electron chi connectivity index (χ4n) is 5.73. The standard InChI is InChI=1S/C22H35N5/c1-3-7-18(8-4-1)25-11-13-26(14-12-25)19-15-27(16-19)22-20-9-5-2-6-10-21(20)23-17-24-22/h17-19H,1-16H2. The minimum absolute atomic E-state index is 0.731. The minimum atomic E-state index is 0.731. The van der Waals surface area contributed by atoms with Crippen LogP contribution in [0.25, 0.3) is 0 Å². The molecule has 1 aromatic rings. The normalized spacial score (nSPS) is 26.4. The molecule has 2 saturated heterocycles. The van der Waals surface area contributed by atoms with Crippen LogP contribution < -0.4 is 4.90 Å². The summed E-state index contributed by atoms with van der Waals surface area (Å²) in [5, 5.41) is 0. The van der Waals surface area contributed by atoms with Crippen LogP contribution in [-0.2, 0) is 12.8 Å². The molecule has 0 amide bonds. The Morgan fingerprint density at radius 1 is 0.704 bits per heavy atom. The molecule has 0 aromatic carbocycles. The number of hydrogen-bond acceptors (Lipinski definition) is 5. The molecular formula is C22H35N5. The summed E-state index contributed by atoms with van der Waals surface area (Å²) in [6.45, 7) is 7.40. The van der Waals surface area contributed by atoms with E-state index in [1.165, 1.54) is 101 Å². The van der Waals surface area contributed by atoms with Crippen LogP contribution in [0.1, 0.15) is 62.6 Å². The topological polar surface area (TPSA) is 35.5 Å². The number of rotatable bonds is 3. The Kier molecular flexibility index (Phi) is 5.32. The molecule has 2 aliphatic carbocycles. The van der Waals surface area contributed by atoms with Gasteiger partial charge in [0.25, 0.3) is 0 Å². The summed E-state index contributed by atoms with van der Waals surface area (Å²) in [7, 11) is 0. The van der Waals surface area contributed by atoms with Crippen molar-refractivity contribution in [2.45, 2.75) is 76.3 Å². The van der Waals surface area contributed by atoms with Gasteiger partial charge in [-0.2, -0.15) is 0 Å². The first-order valence-electron chi connectivity index (χ1n) is 11.4. The molecule has 148 valence electrons. The number of aromatic nitrogens is 2. The van der Waals surface area contributed by atoms with Crippen LogP contribution in [0.15, 0.2) is 6.33 Å². The summed E-state index contributed by atoms with van der Waals surface area (Å²) in [6, 6.07) is 1.62. The molecule has 5 rings (SSSR count). The van der Waals surface area contributed by atoms with Crippen LogP contribution in [0.3, 0.4) is 0 Å². The zero-order valence-corrected chi connectivity index (χ0v) is 16.8. The highest BCUT2D eigenvalue weighted by Gasteiger charge is 2.36. The molecule has 0 N–H and O–H groups in total. The second kappa shape index (κ2) is 8.04. The van der Waals surface area contributed by atoms with Gasteiger partial charge in [-0.05, 0) is 38.5 Å². The Morgan fingerprint density at radius 2 is 1.37 bits per heavy atom. The van der Waals surface area contributed by atoms with E-state index in [2.05, 4.69) is 19.7 Å². The van der Waals surface area contributed by atoms with Crippen LogP contribution in [0.4, 0.5) is 5.82 Å². The molecule has 4 aliphatic rings. The van der Waals surface area contributed by atoms with Crippen molar-refractivity contribution in [2.75, 3.05) is 44.2 Å². The maximum atomic E-state index is 4.70. The molecule has 0 atom stereocenters. The highest BCUT2D eigenvalue weighted by atomic mass is 15.4. The van der Waals surface area contributed by atoms with Gasteiger partial charge in [0, 0.05) is 62.6 Å². The summed E-state index contributed by atoms with van der Waals surface area (Å²) >= 11 is 0. The fraction of sp³-hybridized carbons (Fsp3) is 0.818. The first-order chi connectivity index (χ1) is 13.4. The number of nitrogens with zero attached hydrogens (tertiary/aromatic N) is 5. The molecule has 5 nitrogen and oxygen atoms in total. The molecule has 3 fully saturated rings. The first-order valence-corrected chi connectivity index (χ1v) is 11.4. The Bertz CT molecular complexity index is 628. The highest BCUT2D eigenvalue weighted by Crippen LogP contribution is 2.31. The largest absolute Gasteiger partial charge is 0.353 e. The smallest absolute Gasteiger partial charge is 0.135 e. The van der Waals surface area contributed by atoms with Crippen molar-refractivity contribution in [3.8, 4) is 0 Å². The van der Waals surface area contributed by atoms with Gasteiger partial charge in [0.05, 0.1) is 0 Å². The number of anilines is 1. The zero-order chi connectivity index (χ0) is 18.1. The Morgan fingerprint density at radius 3 is 2.15 bits per heavy atom. The van der Waals surface area contributed by atoms with Gasteiger partial charge in [0.2, 0.25) is 0 Å². The van der Waals surface area contributed by atoms with Gasteiger partial charge in [0.1, 0.15) is 12.1 Å². The van der Waals surface area contributed by atoms with Crippen LogP contribution in [-0.4, -0.2) is 71.1 Å². The average Bonchev–Trinajstić information content (AvgIpc) is 2.94. The van der Waals surface area contributed by atoms with Crippen molar-refractivity contribution in [2.24, 2.45) is 0 Å². The monoisotopic (exact) mass is 369 g/mol. The van der Waals surface area contributed by atoms with Gasteiger partial charge >= 0.3 is 0 Å². The lowest BCUT2D eigenvalue weighted by molar-refractivity contribution is 0.0486. The first kappa shape index (κ1) is 17.9. The molecular weight excluding hydrogens is 334 g/mol. The third kappa shape index (κ3) is 3.73. The predicted octanol–water partition coefficient (Wildman–Crippen LogP) is 2.88. The number of hydrogen-bond donors (Lipinski definition) is 0. The van der Waals surface area contributed by atoms with E-state index in [0.717, 1.165) is 31.6 Å². The second-order valence-corrected chi connectivity index (χ2v) is 9.11. The van der Waals surface area contributed by atoms with Gasteiger partial charge in [-0.1, -0.05) is 25.7 Å². The van der Waals surface area contributed by atoms with E-state index in [-0.39, 0.29) is 0 Å². The molecule has 0 spiro atoms. The highest BCUT2D eigenvalue weighted by molar-refractivity contribution is 5.51. The number of piperazine rings is 1. The van der Waals surface area contributed by atoms with Gasteiger partial charge in [0.15, 0.2) is 0 Å². The lowest BCUT2D eigenvalue weighted by Crippen LogP contribution is -2.64. The van der Waals surface area contributed by atoms with Crippen LogP contribution in [0.5, 0.6) is 0 Å². The Balaban J connectivity index is 1.15. The molecule has 1 aromatic heterocycles. The molecule has 3 heterocycles. The average molecular weight is 370 g/mol. The molecule has 5 heteroatoms. The quantitative estimate of drug-likeness (QED) is 0.766. The second-order valence-electron chi connectivity index (χ2n) is 9.11. The fourth-order valence-corrected chi connectivity index (χ4v) is 5.73. The van der Waals surface area contributed by atoms with Crippen molar-refractivity contribution in [1.82, 2.24) is 19.8 Å². The van der Waals surface area contributed by atoms with Gasteiger partial charge in [-0.3, -0.25) is 9.80 Å². The van der Waals surface area contributed by atoms with E-state index in [1.54, 1.807) is 6.33 Å². The predicted molar refractivity (Wildman–Crippen MR) is 109 cm³/mol. The Hall–Kier alpha value is -1.20. The molecule has 2 aliphatic heterocycles. The molecule has 0 bridgehead atoms. The van der Waals surface area contributed by atoms with E-state index >= 15 is 0 Å².